The third-order valence-electron chi connectivity index (χ3n) is 3.03. The minimum atomic E-state index is -1.19. The maximum Gasteiger partial charge on any atom is 0.326 e. The zero-order chi connectivity index (χ0) is 16.0. The number of phenolic OH excluding ortho intramolecular Hbond substituents is 2. The average molecular weight is 296 g/mol. The highest BCUT2D eigenvalue weighted by Crippen LogP contribution is 2.25. The molecule has 1 amide bonds. The van der Waals surface area contributed by atoms with E-state index in [9.17, 15) is 19.8 Å². The van der Waals surface area contributed by atoms with Gasteiger partial charge in [-0.05, 0) is 24.1 Å². The zero-order valence-electron chi connectivity index (χ0n) is 11.7. The lowest BCUT2D eigenvalue weighted by atomic mass is 10.0. The van der Waals surface area contributed by atoms with Gasteiger partial charge in [0.15, 0.2) is 11.5 Å². The molecule has 1 aromatic rings. The quantitative estimate of drug-likeness (QED) is 0.461. The topological polar surface area (TPSA) is 133 Å². The van der Waals surface area contributed by atoms with Crippen molar-refractivity contribution in [2.45, 2.75) is 38.3 Å². The Kier molecular flexibility index (Phi) is 5.98. The molecule has 0 aliphatic carbocycles. The molecule has 0 bridgehead atoms. The van der Waals surface area contributed by atoms with Gasteiger partial charge in [0.2, 0.25) is 5.91 Å². The molecule has 0 heterocycles. The van der Waals surface area contributed by atoms with E-state index in [1.807, 2.05) is 6.92 Å². The Morgan fingerprint density at radius 1 is 1.29 bits per heavy atom. The van der Waals surface area contributed by atoms with Crippen LogP contribution in [0, 0.1) is 0 Å². The molecule has 1 aromatic carbocycles. The molecule has 0 aromatic heterocycles. The van der Waals surface area contributed by atoms with Crippen LogP contribution in [0.2, 0.25) is 0 Å². The molecule has 0 aliphatic heterocycles. The van der Waals surface area contributed by atoms with Crippen molar-refractivity contribution in [3.63, 3.8) is 0 Å². The SMILES string of the molecule is CCCC(N)C(=O)NC(Cc1ccc(O)c(O)c1)C(=O)O. The van der Waals surface area contributed by atoms with Gasteiger partial charge in [-0.1, -0.05) is 19.4 Å². The van der Waals surface area contributed by atoms with Crippen LogP contribution in [-0.4, -0.2) is 39.3 Å². The molecule has 0 saturated carbocycles. The van der Waals surface area contributed by atoms with E-state index in [2.05, 4.69) is 5.32 Å². The van der Waals surface area contributed by atoms with Gasteiger partial charge in [0.05, 0.1) is 6.04 Å². The number of hydrogen-bond donors (Lipinski definition) is 5. The normalized spacial score (nSPS) is 13.4. The Morgan fingerprint density at radius 2 is 1.95 bits per heavy atom. The lowest BCUT2D eigenvalue weighted by molar-refractivity contribution is -0.142. The summed E-state index contributed by atoms with van der Waals surface area (Å²) in [6, 6.07) is 2.09. The third-order valence-corrected chi connectivity index (χ3v) is 3.03. The van der Waals surface area contributed by atoms with Crippen molar-refractivity contribution in [1.82, 2.24) is 5.32 Å². The van der Waals surface area contributed by atoms with Crippen LogP contribution in [0.1, 0.15) is 25.3 Å². The molecular formula is C14H20N2O5. The first-order chi connectivity index (χ1) is 9.85. The number of carbonyl (C=O) groups excluding carboxylic acids is 1. The molecule has 0 radical (unpaired) electrons. The summed E-state index contributed by atoms with van der Waals surface area (Å²) in [5.74, 6) is -2.35. The van der Waals surface area contributed by atoms with Crippen molar-refractivity contribution < 1.29 is 24.9 Å². The summed E-state index contributed by atoms with van der Waals surface area (Å²) in [6.45, 7) is 1.88. The molecule has 0 fully saturated rings. The lowest BCUT2D eigenvalue weighted by Gasteiger charge is -2.17. The third kappa shape index (κ3) is 4.96. The van der Waals surface area contributed by atoms with E-state index < -0.39 is 24.0 Å². The molecule has 2 atom stereocenters. The fraction of sp³-hybridized carbons (Fsp3) is 0.429. The number of benzene rings is 1. The summed E-state index contributed by atoms with van der Waals surface area (Å²) in [5, 5.41) is 30.1. The van der Waals surface area contributed by atoms with Gasteiger partial charge < -0.3 is 26.4 Å². The molecule has 0 aliphatic rings. The van der Waals surface area contributed by atoms with Crippen molar-refractivity contribution in [2.24, 2.45) is 5.73 Å². The highest BCUT2D eigenvalue weighted by atomic mass is 16.4. The Morgan fingerprint density at radius 3 is 2.48 bits per heavy atom. The maximum absolute atomic E-state index is 11.8. The van der Waals surface area contributed by atoms with Gasteiger partial charge in [0.25, 0.3) is 0 Å². The largest absolute Gasteiger partial charge is 0.504 e. The number of aromatic hydroxyl groups is 2. The molecular weight excluding hydrogens is 276 g/mol. The number of carboxylic acid groups (broad SMARTS) is 1. The fourth-order valence-electron chi connectivity index (χ4n) is 1.85. The summed E-state index contributed by atoms with van der Waals surface area (Å²) in [5.41, 5.74) is 6.11. The van der Waals surface area contributed by atoms with Crippen LogP contribution in [0.5, 0.6) is 11.5 Å². The average Bonchev–Trinajstić information content (AvgIpc) is 2.42. The van der Waals surface area contributed by atoms with Gasteiger partial charge in [-0.15, -0.1) is 0 Å². The van der Waals surface area contributed by atoms with E-state index >= 15 is 0 Å². The van der Waals surface area contributed by atoms with Crippen molar-refractivity contribution in [1.29, 1.82) is 0 Å². The summed E-state index contributed by atoms with van der Waals surface area (Å²) >= 11 is 0. The van der Waals surface area contributed by atoms with Crippen molar-refractivity contribution in [2.75, 3.05) is 0 Å². The number of aliphatic carboxylic acids is 1. The molecule has 0 saturated heterocycles. The van der Waals surface area contributed by atoms with Crippen molar-refractivity contribution >= 4 is 11.9 Å². The maximum atomic E-state index is 11.8. The number of carbonyl (C=O) groups is 2. The van der Waals surface area contributed by atoms with Gasteiger partial charge in [0.1, 0.15) is 6.04 Å². The Labute approximate surface area is 122 Å². The lowest BCUT2D eigenvalue weighted by Crippen LogP contribution is -2.49. The number of phenols is 2. The molecule has 116 valence electrons. The smallest absolute Gasteiger partial charge is 0.326 e. The highest BCUT2D eigenvalue weighted by Gasteiger charge is 2.23. The second-order valence-electron chi connectivity index (χ2n) is 4.82. The van der Waals surface area contributed by atoms with Gasteiger partial charge in [-0.3, -0.25) is 4.79 Å². The first-order valence-electron chi connectivity index (χ1n) is 6.64. The van der Waals surface area contributed by atoms with Gasteiger partial charge in [-0.2, -0.15) is 0 Å². The molecule has 7 nitrogen and oxygen atoms in total. The van der Waals surface area contributed by atoms with Crippen LogP contribution in [0.15, 0.2) is 18.2 Å². The molecule has 7 heteroatoms. The zero-order valence-corrected chi connectivity index (χ0v) is 11.7. The van der Waals surface area contributed by atoms with E-state index in [0.29, 0.717) is 12.0 Å². The molecule has 21 heavy (non-hydrogen) atoms. The van der Waals surface area contributed by atoms with E-state index in [1.165, 1.54) is 18.2 Å². The Bertz CT molecular complexity index is 518. The molecule has 2 unspecified atom stereocenters. The minimum Gasteiger partial charge on any atom is -0.504 e. The second-order valence-corrected chi connectivity index (χ2v) is 4.82. The fourth-order valence-corrected chi connectivity index (χ4v) is 1.85. The van der Waals surface area contributed by atoms with Crippen molar-refractivity contribution in [3.05, 3.63) is 23.8 Å². The summed E-state index contributed by atoms with van der Waals surface area (Å²) in [6.07, 6.45) is 1.17. The van der Waals surface area contributed by atoms with Crippen LogP contribution in [0.3, 0.4) is 0 Å². The second kappa shape index (κ2) is 7.49. The minimum absolute atomic E-state index is 0.0201. The number of carboxylic acids is 1. The van der Waals surface area contributed by atoms with Gasteiger partial charge in [0, 0.05) is 6.42 Å². The monoisotopic (exact) mass is 296 g/mol. The first kappa shape index (κ1) is 16.8. The number of amides is 1. The molecule has 6 N–H and O–H groups in total. The first-order valence-corrected chi connectivity index (χ1v) is 6.64. The van der Waals surface area contributed by atoms with Gasteiger partial charge in [-0.25, -0.2) is 4.79 Å². The predicted molar refractivity (Wildman–Crippen MR) is 75.9 cm³/mol. The summed E-state index contributed by atoms with van der Waals surface area (Å²) < 4.78 is 0. The number of nitrogens with one attached hydrogen (secondary N) is 1. The highest BCUT2D eigenvalue weighted by molar-refractivity contribution is 5.86. The van der Waals surface area contributed by atoms with Crippen LogP contribution in [0.25, 0.3) is 0 Å². The number of rotatable bonds is 7. The van der Waals surface area contributed by atoms with Crippen molar-refractivity contribution in [3.8, 4) is 11.5 Å². The number of hydrogen-bond acceptors (Lipinski definition) is 5. The number of nitrogens with two attached hydrogens (primary N) is 1. The van der Waals surface area contributed by atoms with Crippen LogP contribution >= 0.6 is 0 Å². The van der Waals surface area contributed by atoms with Crippen LogP contribution < -0.4 is 11.1 Å². The van der Waals surface area contributed by atoms with E-state index in [0.717, 1.165) is 6.42 Å². The standard InChI is InChI=1S/C14H20N2O5/c1-2-3-9(15)13(19)16-10(14(20)21)6-8-4-5-11(17)12(18)7-8/h4-5,7,9-10,17-18H,2-3,6,15H2,1H3,(H,16,19)(H,20,21). The van der Waals surface area contributed by atoms with Crippen LogP contribution in [0.4, 0.5) is 0 Å². The molecule has 1 rings (SSSR count). The Hall–Kier alpha value is -2.28. The summed E-state index contributed by atoms with van der Waals surface area (Å²) in [7, 11) is 0. The van der Waals surface area contributed by atoms with Crippen LogP contribution in [-0.2, 0) is 16.0 Å². The Balaban J connectivity index is 2.76. The molecule has 0 spiro atoms. The predicted octanol–water partition coefficient (Wildman–Crippen LogP) is 0.337. The van der Waals surface area contributed by atoms with E-state index in [1.54, 1.807) is 0 Å². The summed E-state index contributed by atoms with van der Waals surface area (Å²) in [4.78, 5) is 23.0. The van der Waals surface area contributed by atoms with E-state index in [-0.39, 0.29) is 17.9 Å². The van der Waals surface area contributed by atoms with E-state index in [4.69, 9.17) is 10.8 Å². The van der Waals surface area contributed by atoms with Gasteiger partial charge >= 0.3 is 5.97 Å².